The average molecular weight is 325 g/mol. The lowest BCUT2D eigenvalue weighted by Gasteiger charge is -2.31. The molecule has 3 nitrogen and oxygen atoms in total. The average Bonchev–Trinajstić information content (AvgIpc) is 2.50. The molecule has 5 heteroatoms. The highest BCUT2D eigenvalue weighted by Crippen LogP contribution is 2.31. The normalized spacial score (nSPS) is 17.6. The molecule has 1 aromatic rings. The second kappa shape index (κ2) is 7.77. The van der Waals surface area contributed by atoms with Crippen molar-refractivity contribution in [3.63, 3.8) is 0 Å². The van der Waals surface area contributed by atoms with Crippen molar-refractivity contribution < 1.29 is 18.3 Å². The van der Waals surface area contributed by atoms with E-state index in [1.165, 1.54) is 5.57 Å². The molecular formula is C18H25F2NO2. The van der Waals surface area contributed by atoms with Crippen LogP contribution < -0.4 is 9.47 Å². The molecule has 0 saturated carbocycles. The molecule has 128 valence electrons. The summed E-state index contributed by atoms with van der Waals surface area (Å²) in [4.78, 5) is 2.05. The van der Waals surface area contributed by atoms with Crippen molar-refractivity contribution in [3.8, 4) is 11.5 Å². The largest absolute Gasteiger partial charge is 0.493 e. The number of piperidine rings is 1. The standard InChI is InChI=1S/C18H25F2NO2/c1-14(2)6-11-23-16-5-4-15(12-17(16)22-3)13-21-9-7-18(19,20)8-10-21/h4-6,12H,7-11,13H2,1-3H3. The summed E-state index contributed by atoms with van der Waals surface area (Å²) in [6, 6.07) is 5.77. The minimum Gasteiger partial charge on any atom is -0.493 e. The lowest BCUT2D eigenvalue weighted by atomic mass is 10.1. The van der Waals surface area contributed by atoms with E-state index in [0.29, 0.717) is 37.7 Å². The molecule has 2 rings (SSSR count). The number of methoxy groups -OCH3 is 1. The third kappa shape index (κ3) is 5.50. The Hall–Kier alpha value is -1.62. The first-order valence-corrected chi connectivity index (χ1v) is 7.93. The van der Waals surface area contributed by atoms with Crippen LogP contribution in [0.1, 0.15) is 32.3 Å². The third-order valence-electron chi connectivity index (χ3n) is 3.95. The van der Waals surface area contributed by atoms with Crippen LogP contribution in [-0.2, 0) is 6.54 Å². The zero-order chi connectivity index (χ0) is 16.9. The molecule has 0 bridgehead atoms. The zero-order valence-corrected chi connectivity index (χ0v) is 14.1. The van der Waals surface area contributed by atoms with Gasteiger partial charge in [-0.2, -0.15) is 0 Å². The van der Waals surface area contributed by atoms with E-state index in [1.54, 1.807) is 7.11 Å². The van der Waals surface area contributed by atoms with E-state index in [2.05, 4.69) is 4.90 Å². The first kappa shape index (κ1) is 17.7. The van der Waals surface area contributed by atoms with E-state index in [0.717, 1.165) is 5.56 Å². The van der Waals surface area contributed by atoms with Gasteiger partial charge >= 0.3 is 0 Å². The number of nitrogens with zero attached hydrogens (tertiary/aromatic N) is 1. The molecule has 1 saturated heterocycles. The van der Waals surface area contributed by atoms with Gasteiger partial charge in [0.05, 0.1) is 7.11 Å². The topological polar surface area (TPSA) is 21.7 Å². The van der Waals surface area contributed by atoms with Gasteiger partial charge in [0.2, 0.25) is 0 Å². The summed E-state index contributed by atoms with van der Waals surface area (Å²) >= 11 is 0. The molecule has 1 aliphatic rings. The fourth-order valence-corrected chi connectivity index (χ4v) is 2.52. The second-order valence-corrected chi connectivity index (χ2v) is 6.21. The van der Waals surface area contributed by atoms with Crippen LogP contribution in [0.2, 0.25) is 0 Å². The summed E-state index contributed by atoms with van der Waals surface area (Å²) in [5, 5.41) is 0. The highest BCUT2D eigenvalue weighted by Gasteiger charge is 2.33. The number of hydrogen-bond donors (Lipinski definition) is 0. The Morgan fingerprint density at radius 3 is 2.52 bits per heavy atom. The lowest BCUT2D eigenvalue weighted by molar-refractivity contribution is -0.0566. The molecule has 0 unspecified atom stereocenters. The van der Waals surface area contributed by atoms with Gasteiger partial charge in [-0.1, -0.05) is 11.6 Å². The quantitative estimate of drug-likeness (QED) is 0.729. The number of halogens is 2. The summed E-state index contributed by atoms with van der Waals surface area (Å²) in [5.41, 5.74) is 2.24. The predicted molar refractivity (Wildman–Crippen MR) is 87.4 cm³/mol. The Labute approximate surface area is 136 Å². The molecule has 1 heterocycles. The van der Waals surface area contributed by atoms with Crippen LogP contribution in [0.25, 0.3) is 0 Å². The number of rotatable bonds is 6. The van der Waals surface area contributed by atoms with Crippen LogP contribution in [0.3, 0.4) is 0 Å². The molecule has 0 atom stereocenters. The van der Waals surface area contributed by atoms with Crippen molar-refractivity contribution in [3.05, 3.63) is 35.4 Å². The van der Waals surface area contributed by atoms with E-state index in [9.17, 15) is 8.78 Å². The Balaban J connectivity index is 1.97. The molecule has 0 N–H and O–H groups in total. The Kier molecular flexibility index (Phi) is 5.99. The minimum absolute atomic E-state index is 0.0615. The van der Waals surface area contributed by atoms with Crippen LogP contribution in [0, 0.1) is 0 Å². The van der Waals surface area contributed by atoms with E-state index in [1.807, 2.05) is 38.1 Å². The molecule has 0 aliphatic carbocycles. The van der Waals surface area contributed by atoms with Crippen LogP contribution in [0.4, 0.5) is 8.78 Å². The van der Waals surface area contributed by atoms with E-state index in [-0.39, 0.29) is 12.8 Å². The van der Waals surface area contributed by atoms with Gasteiger partial charge < -0.3 is 9.47 Å². The monoisotopic (exact) mass is 325 g/mol. The molecule has 1 fully saturated rings. The molecule has 0 amide bonds. The fraction of sp³-hybridized carbons (Fsp3) is 0.556. The van der Waals surface area contributed by atoms with Crippen LogP contribution in [0.5, 0.6) is 11.5 Å². The first-order valence-electron chi connectivity index (χ1n) is 7.93. The number of allylic oxidation sites excluding steroid dienone is 1. The highest BCUT2D eigenvalue weighted by atomic mass is 19.3. The summed E-state index contributed by atoms with van der Waals surface area (Å²) in [6.45, 7) is 6.04. The number of benzene rings is 1. The van der Waals surface area contributed by atoms with Crippen LogP contribution >= 0.6 is 0 Å². The molecule has 23 heavy (non-hydrogen) atoms. The Morgan fingerprint density at radius 1 is 1.22 bits per heavy atom. The van der Waals surface area contributed by atoms with Crippen molar-refractivity contribution in [2.75, 3.05) is 26.8 Å². The van der Waals surface area contributed by atoms with Gasteiger partial charge in [0.15, 0.2) is 11.5 Å². The SMILES string of the molecule is COc1cc(CN2CCC(F)(F)CC2)ccc1OCC=C(C)C. The second-order valence-electron chi connectivity index (χ2n) is 6.21. The van der Waals surface area contributed by atoms with Gasteiger partial charge in [0.25, 0.3) is 5.92 Å². The van der Waals surface area contributed by atoms with Crippen molar-refractivity contribution in [1.82, 2.24) is 4.90 Å². The molecule has 1 aromatic carbocycles. The van der Waals surface area contributed by atoms with E-state index < -0.39 is 5.92 Å². The Bertz CT molecular complexity index is 544. The van der Waals surface area contributed by atoms with Crippen LogP contribution in [0.15, 0.2) is 29.8 Å². The maximum atomic E-state index is 13.2. The predicted octanol–water partition coefficient (Wildman–Crippen LogP) is 4.27. The lowest BCUT2D eigenvalue weighted by Crippen LogP contribution is -2.38. The molecule has 0 radical (unpaired) electrons. The number of alkyl halides is 2. The molecular weight excluding hydrogens is 300 g/mol. The van der Waals surface area contributed by atoms with Crippen molar-refractivity contribution in [1.29, 1.82) is 0 Å². The van der Waals surface area contributed by atoms with Gasteiger partial charge in [-0.3, -0.25) is 4.90 Å². The number of hydrogen-bond acceptors (Lipinski definition) is 3. The van der Waals surface area contributed by atoms with Gasteiger partial charge in [0.1, 0.15) is 6.61 Å². The molecule has 1 aliphatic heterocycles. The van der Waals surface area contributed by atoms with Crippen molar-refractivity contribution >= 4 is 0 Å². The summed E-state index contributed by atoms with van der Waals surface area (Å²) in [7, 11) is 1.61. The first-order chi connectivity index (χ1) is 10.9. The minimum atomic E-state index is -2.50. The zero-order valence-electron chi connectivity index (χ0n) is 14.1. The van der Waals surface area contributed by atoms with E-state index >= 15 is 0 Å². The third-order valence-corrected chi connectivity index (χ3v) is 3.95. The molecule has 0 spiro atoms. The number of ether oxygens (including phenoxy) is 2. The number of likely N-dealkylation sites (tertiary alicyclic amines) is 1. The van der Waals surface area contributed by atoms with Gasteiger partial charge in [-0.15, -0.1) is 0 Å². The Morgan fingerprint density at radius 2 is 1.91 bits per heavy atom. The summed E-state index contributed by atoms with van der Waals surface area (Å²) in [6.07, 6.45) is 1.88. The summed E-state index contributed by atoms with van der Waals surface area (Å²) < 4.78 is 37.5. The van der Waals surface area contributed by atoms with Gasteiger partial charge in [-0.05, 0) is 37.6 Å². The fourth-order valence-electron chi connectivity index (χ4n) is 2.52. The molecule has 0 aromatic heterocycles. The highest BCUT2D eigenvalue weighted by molar-refractivity contribution is 5.43. The smallest absolute Gasteiger partial charge is 0.250 e. The van der Waals surface area contributed by atoms with Crippen LogP contribution in [-0.4, -0.2) is 37.6 Å². The van der Waals surface area contributed by atoms with Gasteiger partial charge in [-0.25, -0.2) is 8.78 Å². The van der Waals surface area contributed by atoms with Gasteiger partial charge in [0, 0.05) is 32.5 Å². The maximum absolute atomic E-state index is 13.2. The summed E-state index contributed by atoms with van der Waals surface area (Å²) in [5.74, 6) is -1.14. The van der Waals surface area contributed by atoms with Crippen molar-refractivity contribution in [2.45, 2.75) is 39.2 Å². The maximum Gasteiger partial charge on any atom is 0.250 e. The van der Waals surface area contributed by atoms with E-state index in [4.69, 9.17) is 9.47 Å². The van der Waals surface area contributed by atoms with Crippen molar-refractivity contribution in [2.24, 2.45) is 0 Å².